The van der Waals surface area contributed by atoms with E-state index in [0.29, 0.717) is 0 Å². The van der Waals surface area contributed by atoms with Crippen LogP contribution in [0.4, 0.5) is 0 Å². The summed E-state index contributed by atoms with van der Waals surface area (Å²) in [6.07, 6.45) is 16.1. The Morgan fingerprint density at radius 1 is 0.640 bits per heavy atom. The van der Waals surface area contributed by atoms with Crippen molar-refractivity contribution in [2.24, 2.45) is 5.73 Å². The second-order valence-electron chi connectivity index (χ2n) is 6.60. The van der Waals surface area contributed by atoms with Gasteiger partial charge in [-0.3, -0.25) is 0 Å². The van der Waals surface area contributed by atoms with E-state index in [1.165, 1.54) is 77.2 Å². The van der Waals surface area contributed by atoms with Crippen LogP contribution in [-0.2, 0) is 0 Å². The van der Waals surface area contributed by atoms with E-state index in [1.54, 1.807) is 0 Å². The number of nitrogens with two attached hydrogens (primary N) is 1. The van der Waals surface area contributed by atoms with E-state index in [9.17, 15) is 0 Å². The van der Waals surface area contributed by atoms with Gasteiger partial charge in [0.1, 0.15) is 0 Å². The van der Waals surface area contributed by atoms with Gasteiger partial charge in [-0.1, -0.05) is 58.8 Å². The standard InChI is InChI=1S/C19H43N3.3ClH/c1-3-5-6-7-8-9-14-19(13-4-2)22-18-11-10-16-21-17-12-15-20;;;/h19,21-22H,3-18,20H2,1-2H3;3*1H. The molecule has 0 fully saturated rings. The highest BCUT2D eigenvalue weighted by Gasteiger charge is 2.06. The second-order valence-corrected chi connectivity index (χ2v) is 6.60. The van der Waals surface area contributed by atoms with Crippen molar-refractivity contribution < 1.29 is 0 Å². The van der Waals surface area contributed by atoms with Crippen molar-refractivity contribution in [2.45, 2.75) is 96.9 Å². The Morgan fingerprint density at radius 2 is 1.24 bits per heavy atom. The Bertz CT molecular complexity index is 210. The minimum atomic E-state index is 0. The summed E-state index contributed by atoms with van der Waals surface area (Å²) in [4.78, 5) is 0. The van der Waals surface area contributed by atoms with Crippen LogP contribution in [0.15, 0.2) is 0 Å². The molecule has 0 aromatic carbocycles. The van der Waals surface area contributed by atoms with Gasteiger partial charge in [0.05, 0.1) is 0 Å². The number of nitrogens with one attached hydrogen (secondary N) is 2. The molecule has 0 saturated heterocycles. The molecule has 1 atom stereocenters. The van der Waals surface area contributed by atoms with Gasteiger partial charge in [0.25, 0.3) is 0 Å². The van der Waals surface area contributed by atoms with Gasteiger partial charge in [-0.25, -0.2) is 0 Å². The summed E-state index contributed by atoms with van der Waals surface area (Å²) in [5.41, 5.74) is 5.48. The molecule has 0 heterocycles. The Labute approximate surface area is 176 Å². The minimum absolute atomic E-state index is 0. The van der Waals surface area contributed by atoms with Crippen LogP contribution in [0.5, 0.6) is 0 Å². The molecule has 0 radical (unpaired) electrons. The van der Waals surface area contributed by atoms with Gasteiger partial charge in [-0.2, -0.15) is 0 Å². The average molecular weight is 423 g/mol. The second kappa shape index (κ2) is 29.5. The topological polar surface area (TPSA) is 50.1 Å². The molecule has 6 heteroatoms. The Hall–Kier alpha value is 0.750. The molecule has 25 heavy (non-hydrogen) atoms. The third kappa shape index (κ3) is 27.1. The molecule has 0 spiro atoms. The first kappa shape index (κ1) is 33.3. The summed E-state index contributed by atoms with van der Waals surface area (Å²) in [5.74, 6) is 0. The van der Waals surface area contributed by atoms with Gasteiger partial charge in [0.2, 0.25) is 0 Å². The molecular formula is C19H46Cl3N3. The molecule has 0 aliphatic rings. The molecule has 0 aliphatic heterocycles. The van der Waals surface area contributed by atoms with Crippen LogP contribution in [0.3, 0.4) is 0 Å². The van der Waals surface area contributed by atoms with Crippen LogP contribution in [0, 0.1) is 0 Å². The van der Waals surface area contributed by atoms with Crippen molar-refractivity contribution in [2.75, 3.05) is 26.2 Å². The molecule has 4 N–H and O–H groups in total. The van der Waals surface area contributed by atoms with Crippen LogP contribution < -0.4 is 16.4 Å². The first-order valence-electron chi connectivity index (χ1n) is 9.99. The van der Waals surface area contributed by atoms with Gasteiger partial charge >= 0.3 is 0 Å². The van der Waals surface area contributed by atoms with E-state index in [4.69, 9.17) is 5.73 Å². The van der Waals surface area contributed by atoms with E-state index in [0.717, 1.165) is 32.1 Å². The highest BCUT2D eigenvalue weighted by Crippen LogP contribution is 2.11. The van der Waals surface area contributed by atoms with Crippen LogP contribution in [0.1, 0.15) is 90.9 Å². The van der Waals surface area contributed by atoms with Gasteiger partial charge < -0.3 is 16.4 Å². The summed E-state index contributed by atoms with van der Waals surface area (Å²) < 4.78 is 0. The van der Waals surface area contributed by atoms with Crippen molar-refractivity contribution in [3.63, 3.8) is 0 Å². The molecule has 158 valence electrons. The van der Waals surface area contributed by atoms with Crippen LogP contribution >= 0.6 is 37.2 Å². The highest BCUT2D eigenvalue weighted by molar-refractivity contribution is 5.86. The van der Waals surface area contributed by atoms with Crippen LogP contribution in [-0.4, -0.2) is 32.2 Å². The zero-order chi connectivity index (χ0) is 16.3. The van der Waals surface area contributed by atoms with Gasteiger partial charge in [-0.05, 0) is 58.3 Å². The van der Waals surface area contributed by atoms with Crippen molar-refractivity contribution in [1.82, 2.24) is 10.6 Å². The monoisotopic (exact) mass is 421 g/mol. The summed E-state index contributed by atoms with van der Waals surface area (Å²) >= 11 is 0. The van der Waals surface area contributed by atoms with Crippen molar-refractivity contribution in [3.8, 4) is 0 Å². The maximum absolute atomic E-state index is 5.48. The smallest absolute Gasteiger partial charge is 0.00669 e. The van der Waals surface area contributed by atoms with Crippen LogP contribution in [0.25, 0.3) is 0 Å². The lowest BCUT2D eigenvalue weighted by Crippen LogP contribution is -2.30. The highest BCUT2D eigenvalue weighted by atomic mass is 35.5. The van der Waals surface area contributed by atoms with E-state index in [2.05, 4.69) is 24.5 Å². The fraction of sp³-hybridized carbons (Fsp3) is 1.00. The predicted octanol–water partition coefficient (Wildman–Crippen LogP) is 5.48. The molecule has 0 bridgehead atoms. The normalized spacial score (nSPS) is 11.2. The molecule has 3 nitrogen and oxygen atoms in total. The molecule has 0 aliphatic carbocycles. The number of hydrogen-bond acceptors (Lipinski definition) is 3. The van der Waals surface area contributed by atoms with Crippen molar-refractivity contribution >= 4 is 37.2 Å². The third-order valence-corrected chi connectivity index (χ3v) is 4.31. The first-order valence-corrected chi connectivity index (χ1v) is 9.99. The summed E-state index contributed by atoms with van der Waals surface area (Å²) in [6.45, 7) is 8.77. The third-order valence-electron chi connectivity index (χ3n) is 4.31. The SMILES string of the molecule is CCCCCCCCC(CCC)NCCCCNCCCN.Cl.Cl.Cl. The predicted molar refractivity (Wildman–Crippen MR) is 122 cm³/mol. The molecule has 1 unspecified atom stereocenters. The van der Waals surface area contributed by atoms with Crippen molar-refractivity contribution in [1.29, 1.82) is 0 Å². The average Bonchev–Trinajstić information content (AvgIpc) is 2.53. The lowest BCUT2D eigenvalue weighted by Gasteiger charge is -2.18. The molecule has 0 saturated carbocycles. The fourth-order valence-corrected chi connectivity index (χ4v) is 2.90. The molecular weight excluding hydrogens is 377 g/mol. The molecule has 0 aromatic heterocycles. The molecule has 0 amide bonds. The maximum Gasteiger partial charge on any atom is 0.00669 e. The van der Waals surface area contributed by atoms with Gasteiger partial charge in [-0.15, -0.1) is 37.2 Å². The first-order chi connectivity index (χ1) is 10.8. The fourth-order valence-electron chi connectivity index (χ4n) is 2.90. The van der Waals surface area contributed by atoms with Gasteiger partial charge in [0, 0.05) is 6.04 Å². The minimum Gasteiger partial charge on any atom is -0.330 e. The number of halogens is 3. The van der Waals surface area contributed by atoms with E-state index in [1.807, 2.05) is 0 Å². The maximum atomic E-state index is 5.48. The van der Waals surface area contributed by atoms with Crippen LogP contribution in [0.2, 0.25) is 0 Å². The quantitative estimate of drug-likeness (QED) is 0.256. The summed E-state index contributed by atoms with van der Waals surface area (Å²) in [7, 11) is 0. The Kier molecular flexibility index (Phi) is 39.4. The van der Waals surface area contributed by atoms with E-state index >= 15 is 0 Å². The summed E-state index contributed by atoms with van der Waals surface area (Å²) in [5, 5.41) is 7.23. The number of hydrogen-bond donors (Lipinski definition) is 3. The Balaban J connectivity index is -0.000000735. The lowest BCUT2D eigenvalue weighted by atomic mass is 10.0. The molecule has 0 rings (SSSR count). The zero-order valence-electron chi connectivity index (χ0n) is 16.7. The summed E-state index contributed by atoms with van der Waals surface area (Å²) in [6, 6.07) is 0.751. The number of unbranched alkanes of at least 4 members (excludes halogenated alkanes) is 6. The van der Waals surface area contributed by atoms with Crippen molar-refractivity contribution in [3.05, 3.63) is 0 Å². The lowest BCUT2D eigenvalue weighted by molar-refractivity contribution is 0.419. The van der Waals surface area contributed by atoms with Gasteiger partial charge in [0.15, 0.2) is 0 Å². The van der Waals surface area contributed by atoms with E-state index < -0.39 is 0 Å². The number of rotatable bonds is 18. The van der Waals surface area contributed by atoms with E-state index in [-0.39, 0.29) is 37.2 Å². The Morgan fingerprint density at radius 3 is 1.88 bits per heavy atom. The molecule has 0 aromatic rings. The zero-order valence-corrected chi connectivity index (χ0v) is 19.1. The largest absolute Gasteiger partial charge is 0.330 e.